The largest absolute Gasteiger partial charge is 0.417 e. The van der Waals surface area contributed by atoms with E-state index in [9.17, 15) is 0 Å². The standard InChI is InChI=1S/C8H19OSi/c1-4-6-8-10(3)9-7-5-2/h4-8H2,1-3H3. The third-order valence-electron chi connectivity index (χ3n) is 1.43. The third kappa shape index (κ3) is 6.30. The molecule has 2 heteroatoms. The predicted molar refractivity (Wildman–Crippen MR) is 47.6 cm³/mol. The highest BCUT2D eigenvalue weighted by Crippen LogP contribution is 2.01. The van der Waals surface area contributed by atoms with E-state index >= 15 is 0 Å². The quantitative estimate of drug-likeness (QED) is 0.542. The number of hydrogen-bond donors (Lipinski definition) is 0. The van der Waals surface area contributed by atoms with Crippen molar-refractivity contribution in [1.29, 1.82) is 0 Å². The first kappa shape index (κ1) is 10.2. The maximum atomic E-state index is 5.60. The van der Waals surface area contributed by atoms with Crippen molar-refractivity contribution in [3.8, 4) is 0 Å². The molecule has 0 unspecified atom stereocenters. The minimum absolute atomic E-state index is 0.415. The molecule has 1 radical (unpaired) electrons. The fourth-order valence-corrected chi connectivity index (χ4v) is 2.32. The van der Waals surface area contributed by atoms with Gasteiger partial charge < -0.3 is 4.43 Å². The van der Waals surface area contributed by atoms with E-state index in [1.807, 2.05) is 0 Å². The summed E-state index contributed by atoms with van der Waals surface area (Å²) >= 11 is 0. The fourth-order valence-electron chi connectivity index (χ4n) is 0.774. The monoisotopic (exact) mass is 159 g/mol. The molecule has 0 aliphatic rings. The Balaban J connectivity index is 3.00. The van der Waals surface area contributed by atoms with Gasteiger partial charge in [0.25, 0.3) is 0 Å². The van der Waals surface area contributed by atoms with E-state index in [0.717, 1.165) is 13.0 Å². The normalized spacial score (nSPS) is 10.8. The Labute approximate surface area is 66.5 Å². The van der Waals surface area contributed by atoms with Crippen molar-refractivity contribution in [3.05, 3.63) is 0 Å². The summed E-state index contributed by atoms with van der Waals surface area (Å²) in [5.74, 6) is 0. The molecule has 0 atom stereocenters. The lowest BCUT2D eigenvalue weighted by molar-refractivity contribution is 0.321. The van der Waals surface area contributed by atoms with Gasteiger partial charge in [0.1, 0.15) is 0 Å². The zero-order valence-corrected chi connectivity index (χ0v) is 8.44. The van der Waals surface area contributed by atoms with Crippen LogP contribution in [0.25, 0.3) is 0 Å². The van der Waals surface area contributed by atoms with E-state index in [1.165, 1.54) is 18.9 Å². The molecule has 0 aliphatic carbocycles. The lowest BCUT2D eigenvalue weighted by atomic mass is 10.4. The highest BCUT2D eigenvalue weighted by atomic mass is 28.3. The van der Waals surface area contributed by atoms with Crippen LogP contribution in [0.4, 0.5) is 0 Å². The molecule has 0 aromatic carbocycles. The number of rotatable bonds is 6. The highest BCUT2D eigenvalue weighted by Gasteiger charge is 2.02. The van der Waals surface area contributed by atoms with E-state index in [0.29, 0.717) is 0 Å². The number of unbranched alkanes of at least 4 members (excludes halogenated alkanes) is 1. The molecule has 0 aromatic rings. The van der Waals surface area contributed by atoms with Gasteiger partial charge in [-0.3, -0.25) is 0 Å². The van der Waals surface area contributed by atoms with Crippen molar-refractivity contribution in [3.63, 3.8) is 0 Å². The van der Waals surface area contributed by atoms with E-state index < -0.39 is 9.04 Å². The Morgan fingerprint density at radius 2 is 1.90 bits per heavy atom. The van der Waals surface area contributed by atoms with E-state index in [4.69, 9.17) is 4.43 Å². The van der Waals surface area contributed by atoms with Crippen molar-refractivity contribution in [2.75, 3.05) is 6.61 Å². The first-order chi connectivity index (χ1) is 4.81. The van der Waals surface area contributed by atoms with Gasteiger partial charge in [0, 0.05) is 6.61 Å². The SMILES string of the molecule is CCCC[Si](C)OCCC. The summed E-state index contributed by atoms with van der Waals surface area (Å²) in [6.07, 6.45) is 3.81. The van der Waals surface area contributed by atoms with Gasteiger partial charge in [-0.15, -0.1) is 0 Å². The molecule has 0 amide bonds. The average molecular weight is 159 g/mol. The van der Waals surface area contributed by atoms with Gasteiger partial charge in [-0.25, -0.2) is 0 Å². The van der Waals surface area contributed by atoms with Gasteiger partial charge in [-0.1, -0.05) is 26.7 Å². The van der Waals surface area contributed by atoms with E-state index in [-0.39, 0.29) is 0 Å². The molecule has 0 saturated carbocycles. The molecule has 0 bridgehead atoms. The average Bonchev–Trinajstić information content (AvgIpc) is 1.97. The van der Waals surface area contributed by atoms with Crippen molar-refractivity contribution in [1.82, 2.24) is 0 Å². The minimum Gasteiger partial charge on any atom is -0.417 e. The van der Waals surface area contributed by atoms with Crippen molar-refractivity contribution in [2.24, 2.45) is 0 Å². The summed E-state index contributed by atoms with van der Waals surface area (Å²) in [5.41, 5.74) is 0. The van der Waals surface area contributed by atoms with Crippen LogP contribution in [0.1, 0.15) is 33.1 Å². The smallest absolute Gasteiger partial charge is 0.208 e. The summed E-state index contributed by atoms with van der Waals surface area (Å²) in [6.45, 7) is 7.62. The van der Waals surface area contributed by atoms with Crippen LogP contribution in [0.2, 0.25) is 12.6 Å². The summed E-state index contributed by atoms with van der Waals surface area (Å²) in [4.78, 5) is 0. The second-order valence-corrected chi connectivity index (χ2v) is 4.85. The van der Waals surface area contributed by atoms with Gasteiger partial charge in [0.2, 0.25) is 9.04 Å². The van der Waals surface area contributed by atoms with Gasteiger partial charge in [0.15, 0.2) is 0 Å². The lowest BCUT2D eigenvalue weighted by Crippen LogP contribution is -2.13. The van der Waals surface area contributed by atoms with Gasteiger partial charge in [-0.2, -0.15) is 0 Å². The Morgan fingerprint density at radius 3 is 2.40 bits per heavy atom. The van der Waals surface area contributed by atoms with Crippen LogP contribution in [0, 0.1) is 0 Å². The highest BCUT2D eigenvalue weighted by molar-refractivity contribution is 6.50. The summed E-state index contributed by atoms with van der Waals surface area (Å²) < 4.78 is 5.60. The molecular formula is C8H19OSi. The molecule has 61 valence electrons. The van der Waals surface area contributed by atoms with Crippen molar-refractivity contribution < 1.29 is 4.43 Å². The zero-order valence-electron chi connectivity index (χ0n) is 7.44. The molecule has 0 aromatic heterocycles. The topological polar surface area (TPSA) is 9.23 Å². The molecule has 0 aliphatic heterocycles. The summed E-state index contributed by atoms with van der Waals surface area (Å²) in [7, 11) is -0.415. The number of hydrogen-bond acceptors (Lipinski definition) is 1. The Hall–Kier alpha value is 0.177. The van der Waals surface area contributed by atoms with Crippen LogP contribution in [-0.4, -0.2) is 15.6 Å². The third-order valence-corrected chi connectivity index (χ3v) is 3.19. The molecular weight excluding hydrogens is 140 g/mol. The molecule has 0 heterocycles. The second-order valence-electron chi connectivity index (χ2n) is 2.65. The second kappa shape index (κ2) is 7.29. The molecule has 10 heavy (non-hydrogen) atoms. The molecule has 0 fully saturated rings. The lowest BCUT2D eigenvalue weighted by Gasteiger charge is -2.07. The molecule has 1 nitrogen and oxygen atoms in total. The Kier molecular flexibility index (Phi) is 7.41. The van der Waals surface area contributed by atoms with Crippen LogP contribution in [-0.2, 0) is 4.43 Å². The van der Waals surface area contributed by atoms with Crippen molar-refractivity contribution in [2.45, 2.75) is 45.7 Å². The van der Waals surface area contributed by atoms with E-state index in [2.05, 4.69) is 20.4 Å². The summed E-state index contributed by atoms with van der Waals surface area (Å²) in [6, 6.07) is 1.32. The van der Waals surface area contributed by atoms with Crippen LogP contribution in [0.15, 0.2) is 0 Å². The molecule has 0 N–H and O–H groups in total. The van der Waals surface area contributed by atoms with Crippen LogP contribution in [0.3, 0.4) is 0 Å². The maximum absolute atomic E-state index is 5.60. The van der Waals surface area contributed by atoms with Gasteiger partial charge in [0.05, 0.1) is 0 Å². The molecule has 0 saturated heterocycles. The van der Waals surface area contributed by atoms with Crippen LogP contribution < -0.4 is 0 Å². The van der Waals surface area contributed by atoms with Crippen LogP contribution >= 0.6 is 0 Å². The fraction of sp³-hybridized carbons (Fsp3) is 1.00. The van der Waals surface area contributed by atoms with Crippen molar-refractivity contribution >= 4 is 9.04 Å². The zero-order chi connectivity index (χ0) is 7.82. The summed E-state index contributed by atoms with van der Waals surface area (Å²) in [5, 5.41) is 0. The Morgan fingerprint density at radius 1 is 1.20 bits per heavy atom. The molecule has 0 rings (SSSR count). The van der Waals surface area contributed by atoms with Crippen LogP contribution in [0.5, 0.6) is 0 Å². The van der Waals surface area contributed by atoms with Gasteiger partial charge in [-0.05, 0) is 19.0 Å². The minimum atomic E-state index is -0.415. The Bertz CT molecular complexity index is 58.3. The molecule has 0 spiro atoms. The van der Waals surface area contributed by atoms with Gasteiger partial charge >= 0.3 is 0 Å². The maximum Gasteiger partial charge on any atom is 0.208 e. The first-order valence-electron chi connectivity index (χ1n) is 4.26. The predicted octanol–water partition coefficient (Wildman–Crippen LogP) is 2.83. The first-order valence-corrected chi connectivity index (χ1v) is 6.38. The van der Waals surface area contributed by atoms with E-state index in [1.54, 1.807) is 0 Å².